The average molecular weight is 293 g/mol. The van der Waals surface area contributed by atoms with Crippen LogP contribution in [-0.4, -0.2) is 28.5 Å². The Labute approximate surface area is 129 Å². The largest absolute Gasteiger partial charge is 0.474 e. The third-order valence-electron chi connectivity index (χ3n) is 4.61. The zero-order chi connectivity index (χ0) is 15.1. The van der Waals surface area contributed by atoms with Crippen LogP contribution in [0.25, 0.3) is 21.8 Å². The first-order valence-corrected chi connectivity index (χ1v) is 7.84. The van der Waals surface area contributed by atoms with E-state index in [1.807, 2.05) is 18.3 Å². The normalized spacial score (nSPS) is 19.4. The Kier molecular flexibility index (Phi) is 3.10. The smallest absolute Gasteiger partial charge is 0.237 e. The minimum atomic E-state index is 0.237. The molecule has 4 rings (SSSR count). The SMILES string of the molecule is CC[C@H](C)[C@H]1COC(c2nccc3c2[nH]c2ccccc23)=N1. The number of aromatic nitrogens is 2. The van der Waals surface area contributed by atoms with Crippen molar-refractivity contribution < 1.29 is 4.74 Å². The second-order valence-corrected chi connectivity index (χ2v) is 5.95. The van der Waals surface area contributed by atoms with Gasteiger partial charge in [-0.2, -0.15) is 0 Å². The van der Waals surface area contributed by atoms with E-state index >= 15 is 0 Å². The molecule has 2 atom stereocenters. The fourth-order valence-corrected chi connectivity index (χ4v) is 3.02. The van der Waals surface area contributed by atoms with Crippen LogP contribution in [0.5, 0.6) is 0 Å². The summed E-state index contributed by atoms with van der Waals surface area (Å²) in [5.74, 6) is 1.20. The number of ether oxygens (including phenoxy) is 1. The van der Waals surface area contributed by atoms with Gasteiger partial charge in [-0.3, -0.25) is 0 Å². The van der Waals surface area contributed by atoms with Crippen molar-refractivity contribution in [1.29, 1.82) is 0 Å². The van der Waals surface area contributed by atoms with E-state index in [9.17, 15) is 0 Å². The number of para-hydroxylation sites is 1. The van der Waals surface area contributed by atoms with Crippen molar-refractivity contribution in [2.75, 3.05) is 6.61 Å². The average Bonchev–Trinajstić information content (AvgIpc) is 3.18. The summed E-state index contributed by atoms with van der Waals surface area (Å²) in [6.07, 6.45) is 2.94. The topological polar surface area (TPSA) is 50.3 Å². The zero-order valence-corrected chi connectivity index (χ0v) is 12.8. The first-order valence-electron chi connectivity index (χ1n) is 7.84. The molecule has 4 nitrogen and oxygen atoms in total. The lowest BCUT2D eigenvalue weighted by Crippen LogP contribution is -2.16. The molecule has 0 spiro atoms. The van der Waals surface area contributed by atoms with Crippen LogP contribution in [0.15, 0.2) is 41.5 Å². The predicted octanol–water partition coefficient (Wildman–Crippen LogP) is 3.91. The van der Waals surface area contributed by atoms with E-state index in [1.54, 1.807) is 0 Å². The van der Waals surface area contributed by atoms with Gasteiger partial charge in [-0.15, -0.1) is 0 Å². The summed E-state index contributed by atoms with van der Waals surface area (Å²) in [7, 11) is 0. The number of nitrogens with one attached hydrogen (secondary N) is 1. The van der Waals surface area contributed by atoms with Crippen LogP contribution < -0.4 is 0 Å². The molecule has 3 heterocycles. The van der Waals surface area contributed by atoms with Crippen LogP contribution in [0.3, 0.4) is 0 Å². The molecule has 1 aliphatic rings. The molecular formula is C18H19N3O. The highest BCUT2D eigenvalue weighted by atomic mass is 16.5. The van der Waals surface area contributed by atoms with Gasteiger partial charge in [0.05, 0.1) is 11.6 Å². The van der Waals surface area contributed by atoms with Gasteiger partial charge in [-0.05, 0) is 18.1 Å². The summed E-state index contributed by atoms with van der Waals surface area (Å²) in [6.45, 7) is 5.06. The molecule has 0 saturated carbocycles. The number of hydrogen-bond acceptors (Lipinski definition) is 3. The van der Waals surface area contributed by atoms with Gasteiger partial charge in [-0.25, -0.2) is 9.98 Å². The number of aromatic amines is 1. The third-order valence-corrected chi connectivity index (χ3v) is 4.61. The summed E-state index contributed by atoms with van der Waals surface area (Å²) >= 11 is 0. The van der Waals surface area contributed by atoms with Gasteiger partial charge in [0.1, 0.15) is 12.3 Å². The van der Waals surface area contributed by atoms with Gasteiger partial charge >= 0.3 is 0 Å². The molecule has 22 heavy (non-hydrogen) atoms. The molecule has 1 aliphatic heterocycles. The van der Waals surface area contributed by atoms with Crippen LogP contribution in [-0.2, 0) is 4.74 Å². The monoisotopic (exact) mass is 293 g/mol. The summed E-state index contributed by atoms with van der Waals surface area (Å²) in [5, 5.41) is 2.37. The van der Waals surface area contributed by atoms with Gasteiger partial charge < -0.3 is 9.72 Å². The maximum Gasteiger partial charge on any atom is 0.237 e. The third kappa shape index (κ3) is 1.98. The highest BCUT2D eigenvalue weighted by Gasteiger charge is 2.26. The predicted molar refractivity (Wildman–Crippen MR) is 89.3 cm³/mol. The lowest BCUT2D eigenvalue weighted by atomic mass is 10.0. The summed E-state index contributed by atoms with van der Waals surface area (Å²) in [6, 6.07) is 10.6. The van der Waals surface area contributed by atoms with Gasteiger partial charge in [0.2, 0.25) is 5.90 Å². The maximum atomic E-state index is 5.85. The first-order chi connectivity index (χ1) is 10.8. The fourth-order valence-electron chi connectivity index (χ4n) is 3.02. The number of H-pyrrole nitrogens is 1. The van der Waals surface area contributed by atoms with Crippen LogP contribution in [0.2, 0.25) is 0 Å². The molecule has 0 amide bonds. The van der Waals surface area contributed by atoms with Crippen molar-refractivity contribution in [2.24, 2.45) is 10.9 Å². The van der Waals surface area contributed by atoms with E-state index in [-0.39, 0.29) is 6.04 Å². The Balaban J connectivity index is 1.86. The van der Waals surface area contributed by atoms with Crippen LogP contribution in [0.4, 0.5) is 0 Å². The lowest BCUT2D eigenvalue weighted by Gasteiger charge is -2.11. The molecule has 0 fully saturated rings. The van der Waals surface area contributed by atoms with Gasteiger partial charge in [0, 0.05) is 22.5 Å². The molecule has 0 bridgehead atoms. The summed E-state index contributed by atoms with van der Waals surface area (Å²) in [4.78, 5) is 12.7. The van der Waals surface area contributed by atoms with Gasteiger partial charge in [0.15, 0.2) is 0 Å². The first kappa shape index (κ1) is 13.3. The second kappa shape index (κ2) is 5.13. The Hall–Kier alpha value is -2.36. The minimum Gasteiger partial charge on any atom is -0.474 e. The molecule has 3 aromatic rings. The highest BCUT2D eigenvalue weighted by Crippen LogP contribution is 2.28. The molecule has 2 aromatic heterocycles. The minimum absolute atomic E-state index is 0.237. The molecule has 1 N–H and O–H groups in total. The zero-order valence-electron chi connectivity index (χ0n) is 12.8. The standard InChI is InChI=1S/C18H19N3O/c1-3-11(2)15-10-22-18(21-15)17-16-13(8-9-19-17)12-6-4-5-7-14(12)20-16/h4-9,11,15,20H,3,10H2,1-2H3/t11-,15+/m0/s1. The number of aliphatic imine (C=N–C) groups is 1. The molecule has 4 heteroatoms. The number of rotatable bonds is 3. The molecule has 0 saturated heterocycles. The molecular weight excluding hydrogens is 274 g/mol. The van der Waals surface area contributed by atoms with E-state index in [4.69, 9.17) is 9.73 Å². The fraction of sp³-hybridized carbons (Fsp3) is 0.333. The van der Waals surface area contributed by atoms with Gasteiger partial charge in [0.25, 0.3) is 0 Å². The van der Waals surface area contributed by atoms with Crippen LogP contribution in [0, 0.1) is 5.92 Å². The van der Waals surface area contributed by atoms with Crippen LogP contribution >= 0.6 is 0 Å². The van der Waals surface area contributed by atoms with Gasteiger partial charge in [-0.1, -0.05) is 38.5 Å². The van der Waals surface area contributed by atoms with E-state index < -0.39 is 0 Å². The number of nitrogens with zero attached hydrogens (tertiary/aromatic N) is 2. The highest BCUT2D eigenvalue weighted by molar-refractivity contribution is 6.14. The van der Waals surface area contributed by atoms with Crippen molar-refractivity contribution in [2.45, 2.75) is 26.3 Å². The van der Waals surface area contributed by atoms with E-state index in [0.717, 1.165) is 23.1 Å². The van der Waals surface area contributed by atoms with Crippen molar-refractivity contribution in [3.8, 4) is 0 Å². The Morgan fingerprint density at radius 2 is 2.14 bits per heavy atom. The molecule has 0 aliphatic carbocycles. The van der Waals surface area contributed by atoms with Crippen molar-refractivity contribution in [3.05, 3.63) is 42.2 Å². The van der Waals surface area contributed by atoms with E-state index in [2.05, 4.69) is 42.0 Å². The Bertz CT molecular complexity index is 865. The van der Waals surface area contributed by atoms with Crippen molar-refractivity contribution >= 4 is 27.7 Å². The molecule has 0 radical (unpaired) electrons. The number of hydrogen-bond donors (Lipinski definition) is 1. The molecule has 112 valence electrons. The lowest BCUT2D eigenvalue weighted by molar-refractivity contribution is 0.282. The quantitative estimate of drug-likeness (QED) is 0.796. The van der Waals surface area contributed by atoms with Crippen molar-refractivity contribution in [1.82, 2.24) is 9.97 Å². The summed E-state index contributed by atoms with van der Waals surface area (Å²) < 4.78 is 5.85. The van der Waals surface area contributed by atoms with Crippen molar-refractivity contribution in [3.63, 3.8) is 0 Å². The molecule has 0 unspecified atom stereocenters. The van der Waals surface area contributed by atoms with E-state index in [0.29, 0.717) is 18.4 Å². The summed E-state index contributed by atoms with van der Waals surface area (Å²) in [5.41, 5.74) is 2.94. The van der Waals surface area contributed by atoms with Crippen LogP contribution in [0.1, 0.15) is 26.0 Å². The number of pyridine rings is 1. The second-order valence-electron chi connectivity index (χ2n) is 5.95. The Morgan fingerprint density at radius 3 is 3.00 bits per heavy atom. The maximum absolute atomic E-state index is 5.85. The number of fused-ring (bicyclic) bond motifs is 3. The Morgan fingerprint density at radius 1 is 1.27 bits per heavy atom. The van der Waals surface area contributed by atoms with E-state index in [1.165, 1.54) is 10.8 Å². The molecule has 1 aromatic carbocycles. The number of benzene rings is 1.